The molecule has 2 aliphatic rings. The van der Waals surface area contributed by atoms with E-state index in [1.807, 2.05) is 11.4 Å². The monoisotopic (exact) mass is 387 g/mol. The van der Waals surface area contributed by atoms with Gasteiger partial charge in [0.25, 0.3) is 0 Å². The molecule has 1 aliphatic carbocycles. The van der Waals surface area contributed by atoms with Crippen LogP contribution in [0.1, 0.15) is 41.4 Å². The molecule has 0 radical (unpaired) electrons. The lowest BCUT2D eigenvalue weighted by molar-refractivity contribution is -0.138. The summed E-state index contributed by atoms with van der Waals surface area (Å²) >= 11 is 1.68. The van der Waals surface area contributed by atoms with Gasteiger partial charge in [0.05, 0.1) is 30.4 Å². The predicted molar refractivity (Wildman–Crippen MR) is 103 cm³/mol. The highest BCUT2D eigenvalue weighted by molar-refractivity contribution is 7.09. The summed E-state index contributed by atoms with van der Waals surface area (Å²) in [7, 11) is 1.78. The highest BCUT2D eigenvalue weighted by Crippen LogP contribution is 2.39. The number of amides is 2. The lowest BCUT2D eigenvalue weighted by Crippen LogP contribution is -2.56. The van der Waals surface area contributed by atoms with E-state index < -0.39 is 6.04 Å². The normalized spacial score (nSPS) is 20.5. The van der Waals surface area contributed by atoms with Gasteiger partial charge < -0.3 is 10.2 Å². The van der Waals surface area contributed by atoms with Gasteiger partial charge in [-0.2, -0.15) is 5.10 Å². The maximum absolute atomic E-state index is 12.7. The lowest BCUT2D eigenvalue weighted by atomic mass is 10.1. The van der Waals surface area contributed by atoms with Crippen LogP contribution >= 0.6 is 11.3 Å². The molecule has 1 saturated heterocycles. The second-order valence-electron chi connectivity index (χ2n) is 7.40. The number of nitrogens with zero attached hydrogens (tertiary/aromatic N) is 3. The Hall–Kier alpha value is -2.19. The van der Waals surface area contributed by atoms with Crippen LogP contribution in [0.5, 0.6) is 0 Å². The maximum Gasteiger partial charge on any atom is 0.237 e. The average Bonchev–Trinajstić information content (AvgIpc) is 3.17. The Morgan fingerprint density at radius 3 is 3.04 bits per heavy atom. The molecule has 2 N–H and O–H groups in total. The zero-order valence-corrected chi connectivity index (χ0v) is 16.3. The zero-order valence-electron chi connectivity index (χ0n) is 15.5. The molecule has 8 heteroatoms. The van der Waals surface area contributed by atoms with Gasteiger partial charge in [0.15, 0.2) is 0 Å². The summed E-state index contributed by atoms with van der Waals surface area (Å²) in [5.74, 6) is 0.501. The third-order valence-electron chi connectivity index (χ3n) is 5.23. The number of nitrogens with one attached hydrogen (secondary N) is 2. The van der Waals surface area contributed by atoms with Crippen molar-refractivity contribution in [2.24, 2.45) is 0 Å². The van der Waals surface area contributed by atoms with E-state index in [4.69, 9.17) is 0 Å². The largest absolute Gasteiger partial charge is 0.353 e. The molecule has 2 aromatic rings. The first-order valence-corrected chi connectivity index (χ1v) is 10.3. The summed E-state index contributed by atoms with van der Waals surface area (Å²) in [6, 6.07) is 5.72. The lowest BCUT2D eigenvalue weighted by Gasteiger charge is -2.35. The van der Waals surface area contributed by atoms with Crippen LogP contribution < -0.4 is 5.32 Å². The highest BCUT2D eigenvalue weighted by Gasteiger charge is 2.33. The first-order valence-electron chi connectivity index (χ1n) is 9.42. The quantitative estimate of drug-likeness (QED) is 0.758. The van der Waals surface area contributed by atoms with Crippen molar-refractivity contribution in [3.63, 3.8) is 0 Å². The van der Waals surface area contributed by atoms with Gasteiger partial charge in [0.1, 0.15) is 0 Å². The SMILES string of the molecule is CN(Cc1cc(C2CC2)n[nH]1)C(=O)CC1C(=O)NCCN1Cc1cccs1. The topological polar surface area (TPSA) is 81.3 Å². The number of aromatic nitrogens is 2. The molecule has 0 spiro atoms. The summed E-state index contributed by atoms with van der Waals surface area (Å²) in [6.45, 7) is 2.58. The molecule has 27 heavy (non-hydrogen) atoms. The molecule has 2 fully saturated rings. The molecule has 2 amide bonds. The molecule has 1 saturated carbocycles. The van der Waals surface area contributed by atoms with E-state index in [2.05, 4.69) is 32.5 Å². The number of hydrogen-bond donors (Lipinski definition) is 2. The van der Waals surface area contributed by atoms with Crippen molar-refractivity contribution in [3.05, 3.63) is 39.8 Å². The Morgan fingerprint density at radius 1 is 1.44 bits per heavy atom. The first-order chi connectivity index (χ1) is 13.1. The van der Waals surface area contributed by atoms with Crippen LogP contribution in [0.2, 0.25) is 0 Å². The Morgan fingerprint density at radius 2 is 2.30 bits per heavy atom. The van der Waals surface area contributed by atoms with E-state index in [1.54, 1.807) is 23.3 Å². The fourth-order valence-electron chi connectivity index (χ4n) is 3.49. The fourth-order valence-corrected chi connectivity index (χ4v) is 4.22. The molecule has 0 bridgehead atoms. The van der Waals surface area contributed by atoms with Crippen molar-refractivity contribution in [1.82, 2.24) is 25.3 Å². The maximum atomic E-state index is 12.7. The van der Waals surface area contributed by atoms with E-state index in [1.165, 1.54) is 17.7 Å². The van der Waals surface area contributed by atoms with Gasteiger partial charge in [-0.3, -0.25) is 19.6 Å². The van der Waals surface area contributed by atoms with Crippen molar-refractivity contribution >= 4 is 23.2 Å². The summed E-state index contributed by atoms with van der Waals surface area (Å²) in [4.78, 5) is 30.1. The fraction of sp³-hybridized carbons (Fsp3) is 0.526. The molecule has 1 atom stereocenters. The minimum absolute atomic E-state index is 0.0317. The number of carbonyl (C=O) groups excluding carboxylic acids is 2. The third kappa shape index (κ3) is 4.39. The molecule has 3 heterocycles. The molecule has 1 aliphatic heterocycles. The number of thiophene rings is 1. The van der Waals surface area contributed by atoms with E-state index in [0.29, 0.717) is 25.6 Å². The van der Waals surface area contributed by atoms with Crippen molar-refractivity contribution < 1.29 is 9.59 Å². The van der Waals surface area contributed by atoms with E-state index in [-0.39, 0.29) is 18.2 Å². The summed E-state index contributed by atoms with van der Waals surface area (Å²) in [6.07, 6.45) is 2.60. The average molecular weight is 388 g/mol. The van der Waals surface area contributed by atoms with Crippen molar-refractivity contribution in [1.29, 1.82) is 0 Å². The number of carbonyl (C=O) groups is 2. The van der Waals surface area contributed by atoms with Crippen LogP contribution in [-0.4, -0.2) is 58.0 Å². The molecule has 7 nitrogen and oxygen atoms in total. The summed E-state index contributed by atoms with van der Waals surface area (Å²) in [5, 5.41) is 12.3. The van der Waals surface area contributed by atoms with E-state index >= 15 is 0 Å². The molecular formula is C19H25N5O2S. The molecule has 1 unspecified atom stereocenters. The second kappa shape index (κ2) is 7.82. The van der Waals surface area contributed by atoms with E-state index in [9.17, 15) is 9.59 Å². The van der Waals surface area contributed by atoms with Crippen LogP contribution in [0.15, 0.2) is 23.6 Å². The van der Waals surface area contributed by atoms with Crippen LogP contribution in [0.4, 0.5) is 0 Å². The minimum atomic E-state index is -0.417. The molecule has 2 aromatic heterocycles. The third-order valence-corrected chi connectivity index (χ3v) is 6.09. The van der Waals surface area contributed by atoms with Gasteiger partial charge in [0, 0.05) is 37.5 Å². The second-order valence-corrected chi connectivity index (χ2v) is 8.44. The van der Waals surface area contributed by atoms with Gasteiger partial charge >= 0.3 is 0 Å². The number of piperazine rings is 1. The van der Waals surface area contributed by atoms with Crippen LogP contribution in [-0.2, 0) is 22.7 Å². The molecule has 0 aromatic carbocycles. The van der Waals surface area contributed by atoms with Gasteiger partial charge in [-0.05, 0) is 30.4 Å². The minimum Gasteiger partial charge on any atom is -0.353 e. The number of H-pyrrole nitrogens is 1. The van der Waals surface area contributed by atoms with Crippen molar-refractivity contribution in [3.8, 4) is 0 Å². The number of rotatable bonds is 7. The Labute approximate surface area is 162 Å². The number of aromatic amines is 1. The zero-order chi connectivity index (χ0) is 18.8. The van der Waals surface area contributed by atoms with Gasteiger partial charge in [-0.15, -0.1) is 11.3 Å². The Bertz CT molecular complexity index is 799. The summed E-state index contributed by atoms with van der Waals surface area (Å²) in [5.41, 5.74) is 2.04. The smallest absolute Gasteiger partial charge is 0.237 e. The standard InChI is InChI=1S/C19H25N5O2S/c1-23(11-14-9-16(22-21-14)13-4-5-13)18(25)10-17-19(26)20-6-7-24(17)12-15-3-2-8-27-15/h2-3,8-9,13,17H,4-7,10-12H2,1H3,(H,20,26)(H,21,22). The van der Waals surface area contributed by atoms with Crippen molar-refractivity contribution in [2.45, 2.75) is 44.3 Å². The Kier molecular flexibility index (Phi) is 5.27. The molecule has 144 valence electrons. The first kappa shape index (κ1) is 18.2. The Balaban J connectivity index is 1.36. The predicted octanol–water partition coefficient (Wildman–Crippen LogP) is 1.70. The number of hydrogen-bond acceptors (Lipinski definition) is 5. The van der Waals surface area contributed by atoms with Gasteiger partial charge in [-0.1, -0.05) is 6.07 Å². The highest BCUT2D eigenvalue weighted by atomic mass is 32.1. The summed E-state index contributed by atoms with van der Waals surface area (Å²) < 4.78 is 0. The van der Waals surface area contributed by atoms with E-state index in [0.717, 1.165) is 17.9 Å². The molecule has 4 rings (SSSR count). The van der Waals surface area contributed by atoms with Crippen LogP contribution in [0.25, 0.3) is 0 Å². The van der Waals surface area contributed by atoms with Gasteiger partial charge in [-0.25, -0.2) is 0 Å². The van der Waals surface area contributed by atoms with Crippen molar-refractivity contribution in [2.75, 3.05) is 20.1 Å². The molecular weight excluding hydrogens is 362 g/mol. The van der Waals surface area contributed by atoms with Gasteiger partial charge in [0.2, 0.25) is 11.8 Å². The van der Waals surface area contributed by atoms with Crippen LogP contribution in [0, 0.1) is 0 Å². The van der Waals surface area contributed by atoms with Crippen LogP contribution in [0.3, 0.4) is 0 Å².